The minimum atomic E-state index is 0.733. The minimum absolute atomic E-state index is 0.733. The van der Waals surface area contributed by atoms with Gasteiger partial charge in [0.2, 0.25) is 0 Å². The Labute approximate surface area is 62.5 Å². The van der Waals surface area contributed by atoms with E-state index >= 15 is 0 Å². The van der Waals surface area contributed by atoms with Gasteiger partial charge in [-0.1, -0.05) is 25.5 Å². The van der Waals surface area contributed by atoms with Gasteiger partial charge >= 0.3 is 0 Å². The van der Waals surface area contributed by atoms with Crippen molar-refractivity contribution < 1.29 is 0 Å². The van der Waals surface area contributed by atoms with Crippen LogP contribution in [0.3, 0.4) is 0 Å². The van der Waals surface area contributed by atoms with Crippen LogP contribution in [0.4, 0.5) is 0 Å². The highest BCUT2D eigenvalue weighted by Gasteiger charge is 2.32. The van der Waals surface area contributed by atoms with E-state index in [1.807, 2.05) is 0 Å². The predicted molar refractivity (Wildman–Crippen MR) is 42.9 cm³/mol. The van der Waals surface area contributed by atoms with Crippen LogP contribution in [0.15, 0.2) is 11.6 Å². The van der Waals surface area contributed by atoms with Gasteiger partial charge in [-0.05, 0) is 18.8 Å². The SMILES string of the molecule is CC(C)C1=CC2CC(C1)N2. The van der Waals surface area contributed by atoms with Crippen LogP contribution < -0.4 is 5.32 Å². The molecule has 0 amide bonds. The monoisotopic (exact) mass is 137 g/mol. The molecule has 2 unspecified atom stereocenters. The van der Waals surface area contributed by atoms with Crippen LogP contribution in [0.5, 0.6) is 0 Å². The highest BCUT2D eigenvalue weighted by molar-refractivity contribution is 5.21. The Morgan fingerprint density at radius 2 is 2.30 bits per heavy atom. The van der Waals surface area contributed by atoms with E-state index in [2.05, 4.69) is 25.2 Å². The summed E-state index contributed by atoms with van der Waals surface area (Å²) in [4.78, 5) is 0. The zero-order chi connectivity index (χ0) is 7.14. The molecular weight excluding hydrogens is 122 g/mol. The molecule has 0 aromatic carbocycles. The maximum absolute atomic E-state index is 3.49. The van der Waals surface area contributed by atoms with Crippen molar-refractivity contribution in [3.05, 3.63) is 11.6 Å². The average Bonchev–Trinajstić information content (AvgIpc) is 1.86. The van der Waals surface area contributed by atoms with Crippen molar-refractivity contribution in [3.8, 4) is 0 Å². The summed E-state index contributed by atoms with van der Waals surface area (Å²) in [5, 5.41) is 3.49. The Hall–Kier alpha value is -0.300. The third kappa shape index (κ3) is 0.891. The van der Waals surface area contributed by atoms with Gasteiger partial charge in [0.25, 0.3) is 0 Å². The molecule has 2 atom stereocenters. The van der Waals surface area contributed by atoms with E-state index in [0.29, 0.717) is 0 Å². The summed E-state index contributed by atoms with van der Waals surface area (Å²) in [6.07, 6.45) is 5.11. The van der Waals surface area contributed by atoms with Crippen molar-refractivity contribution in [2.75, 3.05) is 0 Å². The van der Waals surface area contributed by atoms with E-state index in [1.165, 1.54) is 12.8 Å². The van der Waals surface area contributed by atoms with Gasteiger partial charge in [-0.15, -0.1) is 0 Å². The first-order valence-corrected chi connectivity index (χ1v) is 4.22. The molecule has 1 N–H and O–H groups in total. The van der Waals surface area contributed by atoms with Gasteiger partial charge in [-0.25, -0.2) is 0 Å². The number of nitrogens with one attached hydrogen (secondary N) is 1. The average molecular weight is 137 g/mol. The lowest BCUT2D eigenvalue weighted by atomic mass is 9.80. The molecule has 0 spiro atoms. The first-order valence-electron chi connectivity index (χ1n) is 4.22. The van der Waals surface area contributed by atoms with Crippen LogP contribution in [0, 0.1) is 5.92 Å². The number of fused-ring (bicyclic) bond motifs is 1. The molecule has 3 rings (SSSR count). The lowest BCUT2D eigenvalue weighted by Crippen LogP contribution is -2.54. The zero-order valence-electron chi connectivity index (χ0n) is 6.72. The Morgan fingerprint density at radius 3 is 2.60 bits per heavy atom. The second-order valence-electron chi connectivity index (χ2n) is 3.81. The molecule has 56 valence electrons. The first-order chi connectivity index (χ1) is 4.75. The maximum atomic E-state index is 3.49. The summed E-state index contributed by atoms with van der Waals surface area (Å²) in [7, 11) is 0. The molecule has 0 radical (unpaired) electrons. The van der Waals surface area contributed by atoms with Crippen molar-refractivity contribution in [1.82, 2.24) is 5.32 Å². The van der Waals surface area contributed by atoms with Crippen LogP contribution >= 0.6 is 0 Å². The normalized spacial score (nSPS) is 37.3. The van der Waals surface area contributed by atoms with Crippen LogP contribution in [-0.4, -0.2) is 12.1 Å². The summed E-state index contributed by atoms with van der Waals surface area (Å²) < 4.78 is 0. The van der Waals surface area contributed by atoms with Crippen molar-refractivity contribution in [3.63, 3.8) is 0 Å². The van der Waals surface area contributed by atoms with E-state index in [1.54, 1.807) is 5.57 Å². The number of hydrogen-bond acceptors (Lipinski definition) is 1. The second-order valence-corrected chi connectivity index (χ2v) is 3.81. The fraction of sp³-hybridized carbons (Fsp3) is 0.778. The van der Waals surface area contributed by atoms with Crippen molar-refractivity contribution in [1.29, 1.82) is 0 Å². The molecule has 1 heteroatoms. The van der Waals surface area contributed by atoms with E-state index in [-0.39, 0.29) is 0 Å². The molecule has 0 saturated carbocycles. The van der Waals surface area contributed by atoms with Crippen LogP contribution in [0.2, 0.25) is 0 Å². The summed E-state index contributed by atoms with van der Waals surface area (Å²) in [5.41, 5.74) is 1.67. The second kappa shape index (κ2) is 2.09. The molecule has 2 bridgehead atoms. The minimum Gasteiger partial charge on any atom is -0.307 e. The summed E-state index contributed by atoms with van der Waals surface area (Å²) >= 11 is 0. The van der Waals surface area contributed by atoms with Crippen molar-refractivity contribution >= 4 is 0 Å². The van der Waals surface area contributed by atoms with Gasteiger partial charge in [-0.2, -0.15) is 0 Å². The summed E-state index contributed by atoms with van der Waals surface area (Å²) in [5.74, 6) is 0.771. The first kappa shape index (κ1) is 6.41. The fourth-order valence-corrected chi connectivity index (χ4v) is 1.88. The quantitative estimate of drug-likeness (QED) is 0.542. The van der Waals surface area contributed by atoms with Gasteiger partial charge in [0, 0.05) is 12.1 Å². The van der Waals surface area contributed by atoms with Gasteiger partial charge < -0.3 is 5.32 Å². The molecule has 1 nitrogen and oxygen atoms in total. The molecule has 1 fully saturated rings. The molecule has 3 aliphatic rings. The Bertz CT molecular complexity index is 164. The Morgan fingerprint density at radius 1 is 1.60 bits per heavy atom. The van der Waals surface area contributed by atoms with Crippen molar-refractivity contribution in [2.45, 2.75) is 38.8 Å². The van der Waals surface area contributed by atoms with Gasteiger partial charge in [0.05, 0.1) is 0 Å². The standard InChI is InChI=1S/C9H15N/c1-6(2)7-3-8-5-9(4-7)10-8/h3,6,8-10H,4-5H2,1-2H3. The number of hydrogen-bond donors (Lipinski definition) is 1. The summed E-state index contributed by atoms with van der Waals surface area (Å²) in [6.45, 7) is 4.58. The van der Waals surface area contributed by atoms with Crippen LogP contribution in [-0.2, 0) is 0 Å². The Kier molecular flexibility index (Phi) is 1.34. The highest BCUT2D eigenvalue weighted by Crippen LogP contribution is 2.30. The topological polar surface area (TPSA) is 12.0 Å². The molecule has 2 heterocycles. The molecule has 0 aromatic heterocycles. The molecule has 0 aromatic rings. The lowest BCUT2D eigenvalue weighted by molar-refractivity contribution is 0.276. The van der Waals surface area contributed by atoms with E-state index in [4.69, 9.17) is 0 Å². The summed E-state index contributed by atoms with van der Waals surface area (Å²) in [6, 6.07) is 1.56. The third-order valence-corrected chi connectivity index (χ3v) is 2.63. The van der Waals surface area contributed by atoms with Crippen molar-refractivity contribution in [2.24, 2.45) is 5.92 Å². The molecule has 2 aliphatic heterocycles. The highest BCUT2D eigenvalue weighted by atomic mass is 15.0. The van der Waals surface area contributed by atoms with Gasteiger partial charge in [-0.3, -0.25) is 0 Å². The van der Waals surface area contributed by atoms with E-state index in [9.17, 15) is 0 Å². The smallest absolute Gasteiger partial charge is 0.0270 e. The Balaban J connectivity index is 2.10. The fourth-order valence-electron chi connectivity index (χ4n) is 1.88. The predicted octanol–water partition coefficient (Wildman–Crippen LogP) is 1.70. The lowest BCUT2D eigenvalue weighted by Gasteiger charge is -2.42. The van der Waals surface area contributed by atoms with E-state index < -0.39 is 0 Å². The van der Waals surface area contributed by atoms with Gasteiger partial charge in [0.15, 0.2) is 0 Å². The van der Waals surface area contributed by atoms with E-state index in [0.717, 1.165) is 18.0 Å². The maximum Gasteiger partial charge on any atom is 0.0270 e. The molecule has 10 heavy (non-hydrogen) atoms. The van der Waals surface area contributed by atoms with Crippen LogP contribution in [0.25, 0.3) is 0 Å². The molecule has 1 aliphatic carbocycles. The molecular formula is C9H15N. The van der Waals surface area contributed by atoms with Crippen LogP contribution in [0.1, 0.15) is 26.7 Å². The van der Waals surface area contributed by atoms with Gasteiger partial charge in [0.1, 0.15) is 0 Å². The third-order valence-electron chi connectivity index (χ3n) is 2.63. The largest absolute Gasteiger partial charge is 0.307 e. The zero-order valence-corrected chi connectivity index (χ0v) is 6.72. The number of rotatable bonds is 1. The molecule has 1 saturated heterocycles.